The Labute approximate surface area is 88.7 Å². The maximum Gasteiger partial charge on any atom is 0.130 e. The van der Waals surface area contributed by atoms with Gasteiger partial charge in [0.05, 0.1) is 0 Å². The molecule has 0 aromatic heterocycles. The van der Waals surface area contributed by atoms with Gasteiger partial charge in [-0.3, -0.25) is 0 Å². The van der Waals surface area contributed by atoms with Gasteiger partial charge in [0.1, 0.15) is 12.4 Å². The first-order valence-corrected chi connectivity index (χ1v) is 5.23. The highest BCUT2D eigenvalue weighted by molar-refractivity contribution is 5.89. The van der Waals surface area contributed by atoms with Crippen LogP contribution in [0.25, 0.3) is 10.8 Å². The van der Waals surface area contributed by atoms with Crippen molar-refractivity contribution in [1.82, 2.24) is 0 Å². The first-order chi connectivity index (χ1) is 7.34. The van der Waals surface area contributed by atoms with Crippen LogP contribution in [0, 0.1) is 0 Å². The molecule has 0 fully saturated rings. The molecule has 3 rings (SSSR count). The van der Waals surface area contributed by atoms with Gasteiger partial charge in [0.25, 0.3) is 0 Å². The Kier molecular flexibility index (Phi) is 1.89. The van der Waals surface area contributed by atoms with Crippen LogP contribution in [-0.4, -0.2) is 12.6 Å². The SMILES string of the molecule is NC1COc2c(ccc3ccccc23)C1. The van der Waals surface area contributed by atoms with Crippen LogP contribution < -0.4 is 10.5 Å². The summed E-state index contributed by atoms with van der Waals surface area (Å²) < 4.78 is 5.72. The largest absolute Gasteiger partial charge is 0.491 e. The molecule has 2 heteroatoms. The summed E-state index contributed by atoms with van der Waals surface area (Å²) in [4.78, 5) is 0. The predicted octanol–water partition coefficient (Wildman–Crippen LogP) is 2.10. The maximum absolute atomic E-state index is 5.87. The van der Waals surface area contributed by atoms with Crippen LogP contribution in [0.3, 0.4) is 0 Å². The van der Waals surface area contributed by atoms with Crippen LogP contribution in [0.15, 0.2) is 36.4 Å². The van der Waals surface area contributed by atoms with Gasteiger partial charge in [-0.05, 0) is 17.4 Å². The second-order valence-corrected chi connectivity index (χ2v) is 4.05. The molecule has 1 aliphatic rings. The Hall–Kier alpha value is -1.54. The van der Waals surface area contributed by atoms with Crippen molar-refractivity contribution in [3.05, 3.63) is 42.0 Å². The number of hydrogen-bond acceptors (Lipinski definition) is 2. The van der Waals surface area contributed by atoms with E-state index in [1.807, 2.05) is 12.1 Å². The molecule has 15 heavy (non-hydrogen) atoms. The molecule has 0 saturated heterocycles. The fourth-order valence-electron chi connectivity index (χ4n) is 2.15. The first-order valence-electron chi connectivity index (χ1n) is 5.23. The first kappa shape index (κ1) is 8.74. The molecule has 1 aliphatic heterocycles. The van der Waals surface area contributed by atoms with E-state index in [0.29, 0.717) is 6.61 Å². The number of benzene rings is 2. The number of nitrogens with two attached hydrogens (primary N) is 1. The lowest BCUT2D eigenvalue weighted by molar-refractivity contribution is 0.267. The van der Waals surface area contributed by atoms with Gasteiger partial charge in [-0.15, -0.1) is 0 Å². The topological polar surface area (TPSA) is 35.2 Å². The van der Waals surface area contributed by atoms with E-state index in [1.54, 1.807) is 0 Å². The second-order valence-electron chi connectivity index (χ2n) is 4.05. The highest BCUT2D eigenvalue weighted by Gasteiger charge is 2.18. The maximum atomic E-state index is 5.87. The van der Waals surface area contributed by atoms with Gasteiger partial charge in [-0.1, -0.05) is 36.4 Å². The third-order valence-corrected chi connectivity index (χ3v) is 2.88. The zero-order valence-corrected chi connectivity index (χ0v) is 8.44. The molecule has 2 aromatic carbocycles. The van der Waals surface area contributed by atoms with E-state index < -0.39 is 0 Å². The summed E-state index contributed by atoms with van der Waals surface area (Å²) in [5.41, 5.74) is 7.10. The lowest BCUT2D eigenvalue weighted by atomic mass is 9.98. The average molecular weight is 199 g/mol. The standard InChI is InChI=1S/C13H13NO/c14-11-7-10-6-5-9-3-1-2-4-12(9)13(10)15-8-11/h1-6,11H,7-8,14H2. The third kappa shape index (κ3) is 1.38. The molecule has 0 bridgehead atoms. The van der Waals surface area contributed by atoms with Crippen LogP contribution in [0.5, 0.6) is 5.75 Å². The minimum Gasteiger partial charge on any atom is -0.491 e. The number of hydrogen-bond donors (Lipinski definition) is 1. The monoisotopic (exact) mass is 199 g/mol. The Balaban J connectivity index is 2.25. The fourth-order valence-corrected chi connectivity index (χ4v) is 2.15. The van der Waals surface area contributed by atoms with Gasteiger partial charge < -0.3 is 10.5 Å². The van der Waals surface area contributed by atoms with Gasteiger partial charge in [0.2, 0.25) is 0 Å². The van der Waals surface area contributed by atoms with Gasteiger partial charge in [0.15, 0.2) is 0 Å². The van der Waals surface area contributed by atoms with Crippen molar-refractivity contribution in [2.75, 3.05) is 6.61 Å². The minimum absolute atomic E-state index is 0.138. The molecule has 2 N–H and O–H groups in total. The summed E-state index contributed by atoms with van der Waals surface area (Å²) in [5, 5.41) is 2.42. The molecule has 2 aromatic rings. The molecule has 0 spiro atoms. The molecule has 76 valence electrons. The molecule has 0 saturated carbocycles. The molecular weight excluding hydrogens is 186 g/mol. The highest BCUT2D eigenvalue weighted by Crippen LogP contribution is 2.32. The van der Waals surface area contributed by atoms with Crippen molar-refractivity contribution < 1.29 is 4.74 Å². The van der Waals surface area contributed by atoms with E-state index in [9.17, 15) is 0 Å². The lowest BCUT2D eigenvalue weighted by Gasteiger charge is -2.23. The fraction of sp³-hybridized carbons (Fsp3) is 0.231. The minimum atomic E-state index is 0.138. The molecule has 1 heterocycles. The zero-order valence-electron chi connectivity index (χ0n) is 8.44. The quantitative estimate of drug-likeness (QED) is 0.705. The van der Waals surface area contributed by atoms with Crippen molar-refractivity contribution in [1.29, 1.82) is 0 Å². The van der Waals surface area contributed by atoms with E-state index >= 15 is 0 Å². The molecule has 2 nitrogen and oxygen atoms in total. The molecule has 1 atom stereocenters. The van der Waals surface area contributed by atoms with Gasteiger partial charge in [-0.25, -0.2) is 0 Å². The number of rotatable bonds is 0. The van der Waals surface area contributed by atoms with Gasteiger partial charge in [-0.2, -0.15) is 0 Å². The van der Waals surface area contributed by atoms with E-state index in [0.717, 1.165) is 12.2 Å². The van der Waals surface area contributed by atoms with Gasteiger partial charge >= 0.3 is 0 Å². The Morgan fingerprint density at radius 2 is 2.00 bits per heavy atom. The average Bonchev–Trinajstić information content (AvgIpc) is 2.28. The van der Waals surface area contributed by atoms with Crippen molar-refractivity contribution in [3.8, 4) is 5.75 Å². The Morgan fingerprint density at radius 1 is 1.13 bits per heavy atom. The molecule has 0 amide bonds. The number of fused-ring (bicyclic) bond motifs is 3. The normalized spacial score (nSPS) is 19.7. The van der Waals surface area contributed by atoms with Gasteiger partial charge in [0, 0.05) is 11.4 Å². The molecule has 1 unspecified atom stereocenters. The molecular formula is C13H13NO. The van der Waals surface area contributed by atoms with Crippen molar-refractivity contribution in [2.24, 2.45) is 5.73 Å². The van der Waals surface area contributed by atoms with E-state index in [2.05, 4.69) is 24.3 Å². The van der Waals surface area contributed by atoms with Crippen molar-refractivity contribution >= 4 is 10.8 Å². The predicted molar refractivity (Wildman–Crippen MR) is 61.1 cm³/mol. The smallest absolute Gasteiger partial charge is 0.130 e. The summed E-state index contributed by atoms with van der Waals surface area (Å²) >= 11 is 0. The number of ether oxygens (including phenoxy) is 1. The summed E-state index contributed by atoms with van der Waals surface area (Å²) in [5.74, 6) is 1.02. The summed E-state index contributed by atoms with van der Waals surface area (Å²) in [6.45, 7) is 0.626. The Bertz CT molecular complexity index is 507. The lowest BCUT2D eigenvalue weighted by Crippen LogP contribution is -2.33. The van der Waals surface area contributed by atoms with E-state index in [4.69, 9.17) is 10.5 Å². The van der Waals surface area contributed by atoms with Crippen LogP contribution in [-0.2, 0) is 6.42 Å². The second kappa shape index (κ2) is 3.24. The van der Waals surface area contributed by atoms with E-state index in [-0.39, 0.29) is 6.04 Å². The van der Waals surface area contributed by atoms with Crippen molar-refractivity contribution in [2.45, 2.75) is 12.5 Å². The summed E-state index contributed by atoms with van der Waals surface area (Å²) in [7, 11) is 0. The highest BCUT2D eigenvalue weighted by atomic mass is 16.5. The van der Waals surface area contributed by atoms with Crippen molar-refractivity contribution in [3.63, 3.8) is 0 Å². The van der Waals surface area contributed by atoms with Crippen LogP contribution in [0.4, 0.5) is 0 Å². The summed E-state index contributed by atoms with van der Waals surface area (Å²) in [6, 6.07) is 12.7. The third-order valence-electron chi connectivity index (χ3n) is 2.88. The molecule has 0 radical (unpaired) electrons. The van der Waals surface area contributed by atoms with Crippen LogP contribution in [0.1, 0.15) is 5.56 Å². The molecule has 0 aliphatic carbocycles. The summed E-state index contributed by atoms with van der Waals surface area (Å²) in [6.07, 6.45) is 0.917. The van der Waals surface area contributed by atoms with Crippen LogP contribution in [0.2, 0.25) is 0 Å². The Morgan fingerprint density at radius 3 is 2.93 bits per heavy atom. The van der Waals surface area contributed by atoms with E-state index in [1.165, 1.54) is 16.3 Å². The zero-order chi connectivity index (χ0) is 10.3. The van der Waals surface area contributed by atoms with Crippen LogP contribution >= 0.6 is 0 Å².